The highest BCUT2D eigenvalue weighted by Crippen LogP contribution is 2.22. The third-order valence-corrected chi connectivity index (χ3v) is 5.16. The Morgan fingerprint density at radius 1 is 1.19 bits per heavy atom. The van der Waals surface area contributed by atoms with Crippen LogP contribution in [0.25, 0.3) is 11.0 Å². The number of ether oxygens (including phenoxy) is 2. The number of hydrogen-bond donors (Lipinski definition) is 1. The summed E-state index contributed by atoms with van der Waals surface area (Å²) >= 11 is 0. The van der Waals surface area contributed by atoms with Crippen molar-refractivity contribution in [1.82, 2.24) is 15.0 Å². The van der Waals surface area contributed by atoms with Gasteiger partial charge < -0.3 is 14.5 Å². The quantitative estimate of drug-likeness (QED) is 0.582. The van der Waals surface area contributed by atoms with Crippen LogP contribution in [0.2, 0.25) is 0 Å². The van der Waals surface area contributed by atoms with Crippen LogP contribution in [0, 0.1) is 6.92 Å². The van der Waals surface area contributed by atoms with Crippen LogP contribution < -0.4 is 4.74 Å². The highest BCUT2D eigenvalue weighted by Gasteiger charge is 2.14. The number of aromatic amines is 1. The molecule has 1 N–H and O–H groups in total. The van der Waals surface area contributed by atoms with E-state index in [-0.39, 0.29) is 0 Å². The maximum absolute atomic E-state index is 12.7. The zero-order valence-electron chi connectivity index (χ0n) is 15.0. The molecule has 6 nitrogen and oxygen atoms in total. The minimum Gasteiger partial charge on any atom is -0.493 e. The van der Waals surface area contributed by atoms with E-state index in [1.165, 1.54) is 0 Å². The summed E-state index contributed by atoms with van der Waals surface area (Å²) in [5, 5.41) is 0.468. The molecule has 0 radical (unpaired) electrons. The summed E-state index contributed by atoms with van der Waals surface area (Å²) in [5.41, 5.74) is 3.36. The van der Waals surface area contributed by atoms with Gasteiger partial charge in [0, 0.05) is 31.4 Å². The molecule has 0 aliphatic carbocycles. The number of hydrogen-bond acceptors (Lipinski definition) is 5. The Morgan fingerprint density at radius 2 is 2.04 bits per heavy atom. The molecule has 2 aromatic heterocycles. The van der Waals surface area contributed by atoms with E-state index in [0.717, 1.165) is 34.5 Å². The maximum atomic E-state index is 12.7. The van der Waals surface area contributed by atoms with Gasteiger partial charge in [-0.2, -0.15) is 0 Å². The molecular weight excluding hydrogens is 350 g/mol. The monoisotopic (exact) mass is 373 g/mol. The number of fused-ring (bicyclic) bond motifs is 1. The molecule has 138 valence electrons. The Morgan fingerprint density at radius 3 is 2.85 bits per heavy atom. The second kappa shape index (κ2) is 8.91. The average Bonchev–Trinajstić information content (AvgIpc) is 3.09. The van der Waals surface area contributed by atoms with Crippen molar-refractivity contribution < 1.29 is 13.7 Å². The number of imidazole rings is 1. The van der Waals surface area contributed by atoms with E-state index < -0.39 is 10.8 Å². The van der Waals surface area contributed by atoms with Crippen LogP contribution in [0.1, 0.15) is 24.6 Å². The predicted octanol–water partition coefficient (Wildman–Crippen LogP) is 3.38. The van der Waals surface area contributed by atoms with Gasteiger partial charge in [-0.05, 0) is 32.0 Å². The first kappa shape index (κ1) is 18.5. The van der Waals surface area contributed by atoms with Gasteiger partial charge in [-0.3, -0.25) is 9.19 Å². The molecule has 0 saturated heterocycles. The Labute approximate surface area is 155 Å². The fourth-order valence-electron chi connectivity index (χ4n) is 2.58. The minimum atomic E-state index is -1.30. The summed E-state index contributed by atoms with van der Waals surface area (Å²) in [6.45, 7) is 5.89. The van der Waals surface area contributed by atoms with Gasteiger partial charge in [-0.15, -0.1) is 0 Å². The van der Waals surface area contributed by atoms with E-state index >= 15 is 0 Å². The molecule has 0 aliphatic heterocycles. The van der Waals surface area contributed by atoms with Gasteiger partial charge in [-0.25, -0.2) is 4.98 Å². The zero-order valence-corrected chi connectivity index (χ0v) is 15.8. The molecule has 1 atom stereocenters. The van der Waals surface area contributed by atoms with E-state index in [9.17, 15) is 4.21 Å². The molecule has 2 heterocycles. The van der Waals surface area contributed by atoms with Crippen molar-refractivity contribution in [2.45, 2.75) is 31.2 Å². The lowest BCUT2D eigenvalue weighted by Crippen LogP contribution is -2.07. The molecule has 0 amide bonds. The normalized spacial score (nSPS) is 12.4. The summed E-state index contributed by atoms with van der Waals surface area (Å²) in [7, 11) is -1.30. The van der Waals surface area contributed by atoms with E-state index in [4.69, 9.17) is 9.47 Å². The molecule has 26 heavy (non-hydrogen) atoms. The number of nitrogens with one attached hydrogen (secondary N) is 1. The Bertz CT molecular complexity index is 862. The lowest BCUT2D eigenvalue weighted by Gasteiger charge is -2.11. The Balaban J connectivity index is 1.67. The van der Waals surface area contributed by atoms with E-state index in [1.54, 1.807) is 6.20 Å². The predicted molar refractivity (Wildman–Crippen MR) is 102 cm³/mol. The number of rotatable bonds is 9. The molecule has 1 unspecified atom stereocenters. The molecule has 0 saturated carbocycles. The van der Waals surface area contributed by atoms with Crippen LogP contribution in [0.3, 0.4) is 0 Å². The van der Waals surface area contributed by atoms with Gasteiger partial charge in [0.25, 0.3) is 0 Å². The first-order valence-corrected chi connectivity index (χ1v) is 9.99. The van der Waals surface area contributed by atoms with Gasteiger partial charge in [0.05, 0.1) is 39.9 Å². The second-order valence-electron chi connectivity index (χ2n) is 5.83. The number of nitrogens with zero attached hydrogens (tertiary/aromatic N) is 2. The molecule has 0 bridgehead atoms. The number of para-hydroxylation sites is 2. The van der Waals surface area contributed by atoms with Crippen LogP contribution >= 0.6 is 0 Å². The zero-order chi connectivity index (χ0) is 18.4. The van der Waals surface area contributed by atoms with E-state index in [2.05, 4.69) is 15.0 Å². The highest BCUT2D eigenvalue weighted by atomic mass is 32.2. The average molecular weight is 373 g/mol. The first-order valence-electron chi connectivity index (χ1n) is 8.67. The third kappa shape index (κ3) is 4.47. The number of pyridine rings is 1. The second-order valence-corrected chi connectivity index (χ2v) is 7.20. The fourth-order valence-corrected chi connectivity index (χ4v) is 3.68. The van der Waals surface area contributed by atoms with Crippen LogP contribution in [0.5, 0.6) is 5.75 Å². The van der Waals surface area contributed by atoms with Crippen molar-refractivity contribution >= 4 is 21.8 Å². The smallest absolute Gasteiger partial charge is 0.197 e. The summed E-state index contributed by atoms with van der Waals surface area (Å²) in [4.78, 5) is 11.9. The minimum absolute atomic E-state index is 0.293. The molecule has 0 aliphatic rings. The summed E-state index contributed by atoms with van der Waals surface area (Å²) in [5.74, 6) is 1.06. The van der Waals surface area contributed by atoms with Crippen molar-refractivity contribution in [3.8, 4) is 5.75 Å². The fraction of sp³-hybridized carbons (Fsp3) is 0.368. The van der Waals surface area contributed by atoms with Gasteiger partial charge in [-0.1, -0.05) is 12.1 Å². The lowest BCUT2D eigenvalue weighted by atomic mass is 10.2. The Hall–Kier alpha value is -2.25. The highest BCUT2D eigenvalue weighted by molar-refractivity contribution is 7.84. The number of H-pyrrole nitrogens is 1. The van der Waals surface area contributed by atoms with Crippen molar-refractivity contribution in [3.05, 3.63) is 47.8 Å². The molecule has 0 spiro atoms. The molecule has 1 aromatic carbocycles. The molecule has 3 rings (SSSR count). The van der Waals surface area contributed by atoms with Crippen LogP contribution in [0.4, 0.5) is 0 Å². The van der Waals surface area contributed by atoms with Crippen LogP contribution in [0.15, 0.2) is 41.7 Å². The van der Waals surface area contributed by atoms with Crippen molar-refractivity contribution in [1.29, 1.82) is 0 Å². The van der Waals surface area contributed by atoms with Crippen molar-refractivity contribution in [2.24, 2.45) is 0 Å². The van der Waals surface area contributed by atoms with Crippen molar-refractivity contribution in [3.63, 3.8) is 0 Å². The van der Waals surface area contributed by atoms with Gasteiger partial charge in [0.15, 0.2) is 5.16 Å². The largest absolute Gasteiger partial charge is 0.493 e. The number of benzene rings is 1. The lowest BCUT2D eigenvalue weighted by molar-refractivity contribution is 0.130. The maximum Gasteiger partial charge on any atom is 0.197 e. The van der Waals surface area contributed by atoms with Gasteiger partial charge >= 0.3 is 0 Å². The summed E-state index contributed by atoms with van der Waals surface area (Å²) in [6.07, 6.45) is 2.52. The van der Waals surface area contributed by atoms with E-state index in [0.29, 0.717) is 30.7 Å². The van der Waals surface area contributed by atoms with Crippen LogP contribution in [-0.4, -0.2) is 39.0 Å². The SMILES string of the molecule is CCOCCCOc1ccnc(CS(=O)c2nc3ccccc3[nH]2)c1C. The molecule has 0 fully saturated rings. The summed E-state index contributed by atoms with van der Waals surface area (Å²) < 4.78 is 23.8. The molecule has 7 heteroatoms. The van der Waals surface area contributed by atoms with Gasteiger partial charge in [0.2, 0.25) is 0 Å². The van der Waals surface area contributed by atoms with Gasteiger partial charge in [0.1, 0.15) is 5.75 Å². The van der Waals surface area contributed by atoms with Crippen molar-refractivity contribution in [2.75, 3.05) is 19.8 Å². The topological polar surface area (TPSA) is 77.1 Å². The number of aromatic nitrogens is 3. The third-order valence-electron chi connectivity index (χ3n) is 4.00. The standard InChI is InChI=1S/C19H23N3O3S/c1-3-24-11-6-12-25-18-9-10-20-17(14(18)2)13-26(23)19-21-15-7-4-5-8-16(15)22-19/h4-5,7-10H,3,6,11-13H2,1-2H3,(H,21,22). The van der Waals surface area contributed by atoms with E-state index in [1.807, 2.05) is 44.2 Å². The Kier molecular flexibility index (Phi) is 6.35. The first-order chi connectivity index (χ1) is 12.7. The summed E-state index contributed by atoms with van der Waals surface area (Å²) in [6, 6.07) is 9.48. The van der Waals surface area contributed by atoms with Crippen LogP contribution in [-0.2, 0) is 21.3 Å². The molecule has 3 aromatic rings. The molecular formula is C19H23N3O3S.